The van der Waals surface area contributed by atoms with E-state index in [9.17, 15) is 4.79 Å². The number of hydrogen-bond acceptors (Lipinski definition) is 1. The zero-order valence-electron chi connectivity index (χ0n) is 9.90. The van der Waals surface area contributed by atoms with Crippen LogP contribution in [0.3, 0.4) is 0 Å². The van der Waals surface area contributed by atoms with Gasteiger partial charge in [-0.05, 0) is 17.5 Å². The predicted octanol–water partition coefficient (Wildman–Crippen LogP) is 3.00. The smallest absolute Gasteiger partial charge is 0.267 e. The molecule has 90 valence electrons. The summed E-state index contributed by atoms with van der Waals surface area (Å²) in [5.74, 6) is 0.315. The highest BCUT2D eigenvalue weighted by molar-refractivity contribution is 6.31. The molecule has 1 aromatic carbocycles. The van der Waals surface area contributed by atoms with E-state index >= 15 is 0 Å². The van der Waals surface area contributed by atoms with Crippen molar-refractivity contribution < 1.29 is 0 Å². The van der Waals surface area contributed by atoms with Gasteiger partial charge in [0.2, 0.25) is 0 Å². The number of nitrogens with zero attached hydrogens (tertiary/aromatic N) is 1. The molecule has 1 heterocycles. The maximum absolute atomic E-state index is 11.7. The van der Waals surface area contributed by atoms with Gasteiger partial charge >= 0.3 is 0 Å². The molecule has 1 aromatic heterocycles. The minimum Gasteiger partial charge on any atom is -0.299 e. The van der Waals surface area contributed by atoms with Crippen molar-refractivity contribution in [3.63, 3.8) is 0 Å². The van der Waals surface area contributed by atoms with Crippen LogP contribution in [0.1, 0.15) is 31.0 Å². The van der Waals surface area contributed by atoms with Crippen molar-refractivity contribution in [2.24, 2.45) is 0 Å². The van der Waals surface area contributed by atoms with Crippen LogP contribution >= 0.6 is 11.6 Å². The highest BCUT2D eigenvalue weighted by atomic mass is 35.5. The van der Waals surface area contributed by atoms with Crippen LogP contribution in [0.25, 0.3) is 0 Å². The Bertz CT molecular complexity index is 569. The maximum atomic E-state index is 11.7. The monoisotopic (exact) mass is 250 g/mol. The largest absolute Gasteiger partial charge is 0.299 e. The van der Waals surface area contributed by atoms with E-state index in [1.54, 1.807) is 10.7 Å². The van der Waals surface area contributed by atoms with Crippen molar-refractivity contribution in [3.05, 3.63) is 57.0 Å². The number of nitrogens with one attached hydrogen (secondary N) is 1. The van der Waals surface area contributed by atoms with Crippen molar-refractivity contribution in [1.82, 2.24) is 9.78 Å². The first kappa shape index (κ1) is 12.0. The first-order valence-corrected chi connectivity index (χ1v) is 5.99. The van der Waals surface area contributed by atoms with Gasteiger partial charge in [0.25, 0.3) is 5.56 Å². The van der Waals surface area contributed by atoms with Gasteiger partial charge in [-0.2, -0.15) is 0 Å². The summed E-state index contributed by atoms with van der Waals surface area (Å²) >= 11 is 6.07. The van der Waals surface area contributed by atoms with Gasteiger partial charge in [-0.1, -0.05) is 43.6 Å². The first-order valence-electron chi connectivity index (χ1n) is 5.61. The average molecular weight is 251 g/mol. The van der Waals surface area contributed by atoms with Gasteiger partial charge in [-0.3, -0.25) is 9.89 Å². The molecule has 0 amide bonds. The Hall–Kier alpha value is -1.48. The number of rotatable bonds is 3. The lowest BCUT2D eigenvalue weighted by Gasteiger charge is -2.05. The Morgan fingerprint density at radius 2 is 2.06 bits per heavy atom. The molecule has 0 unspecified atom stereocenters. The van der Waals surface area contributed by atoms with Crippen LogP contribution in [0.5, 0.6) is 0 Å². The molecule has 0 fully saturated rings. The first-order chi connectivity index (χ1) is 8.08. The predicted molar refractivity (Wildman–Crippen MR) is 69.7 cm³/mol. The Morgan fingerprint density at radius 3 is 2.65 bits per heavy atom. The van der Waals surface area contributed by atoms with Crippen LogP contribution in [0.15, 0.2) is 35.1 Å². The zero-order valence-corrected chi connectivity index (χ0v) is 10.7. The van der Waals surface area contributed by atoms with Crippen LogP contribution in [-0.2, 0) is 6.54 Å². The molecule has 0 atom stereocenters. The van der Waals surface area contributed by atoms with E-state index in [4.69, 9.17) is 11.6 Å². The van der Waals surface area contributed by atoms with E-state index < -0.39 is 0 Å². The molecule has 0 aliphatic heterocycles. The molecule has 4 heteroatoms. The van der Waals surface area contributed by atoms with Crippen LogP contribution in [0.4, 0.5) is 0 Å². The van der Waals surface area contributed by atoms with E-state index in [2.05, 4.69) is 5.10 Å². The molecular weight excluding hydrogens is 236 g/mol. The van der Waals surface area contributed by atoms with Gasteiger partial charge in [0.05, 0.1) is 6.54 Å². The van der Waals surface area contributed by atoms with Crippen LogP contribution in [-0.4, -0.2) is 9.78 Å². The zero-order chi connectivity index (χ0) is 12.4. The Balaban J connectivity index is 2.31. The normalized spacial score (nSPS) is 11.1. The molecule has 0 aliphatic rings. The fraction of sp³-hybridized carbons (Fsp3) is 0.308. The fourth-order valence-corrected chi connectivity index (χ4v) is 1.86. The van der Waals surface area contributed by atoms with Gasteiger partial charge in [0.15, 0.2) is 0 Å². The van der Waals surface area contributed by atoms with Gasteiger partial charge in [-0.25, -0.2) is 4.68 Å². The lowest BCUT2D eigenvalue weighted by Crippen LogP contribution is -2.16. The van der Waals surface area contributed by atoms with Gasteiger partial charge in [-0.15, -0.1) is 0 Å². The molecule has 2 rings (SSSR count). The summed E-state index contributed by atoms with van der Waals surface area (Å²) in [5, 5.41) is 3.78. The number of benzene rings is 1. The lowest BCUT2D eigenvalue weighted by molar-refractivity contribution is 0.640. The van der Waals surface area contributed by atoms with Crippen LogP contribution < -0.4 is 5.56 Å². The van der Waals surface area contributed by atoms with E-state index in [1.165, 1.54) is 0 Å². The molecule has 2 aromatic rings. The topological polar surface area (TPSA) is 37.8 Å². The molecule has 1 N–H and O–H groups in total. The highest BCUT2D eigenvalue weighted by Gasteiger charge is 2.07. The summed E-state index contributed by atoms with van der Waals surface area (Å²) in [5.41, 5.74) is 1.86. The Kier molecular flexibility index (Phi) is 3.38. The molecule has 3 nitrogen and oxygen atoms in total. The second kappa shape index (κ2) is 4.80. The number of hydrogen-bond donors (Lipinski definition) is 1. The van der Waals surface area contributed by atoms with E-state index in [0.29, 0.717) is 17.5 Å². The molecule has 17 heavy (non-hydrogen) atoms. The second-order valence-corrected chi connectivity index (χ2v) is 4.79. The minimum absolute atomic E-state index is 0.0198. The minimum atomic E-state index is -0.0198. The molecule has 0 radical (unpaired) electrons. The van der Waals surface area contributed by atoms with Crippen molar-refractivity contribution in [2.75, 3.05) is 0 Å². The summed E-state index contributed by atoms with van der Waals surface area (Å²) in [7, 11) is 0. The lowest BCUT2D eigenvalue weighted by atomic mass is 10.1. The molecule has 0 spiro atoms. The molecule has 0 saturated carbocycles. The van der Waals surface area contributed by atoms with Crippen molar-refractivity contribution in [1.29, 1.82) is 0 Å². The van der Waals surface area contributed by atoms with Crippen LogP contribution in [0.2, 0.25) is 5.02 Å². The van der Waals surface area contributed by atoms with Crippen LogP contribution in [0, 0.1) is 0 Å². The van der Waals surface area contributed by atoms with Crippen molar-refractivity contribution in [2.45, 2.75) is 26.3 Å². The standard InChI is InChI=1S/C13H15ClN2O/c1-9(2)12-7-13(17)16(15-12)8-10-5-3-4-6-11(10)14/h3-7,9,15H,8H2,1-2H3. The summed E-state index contributed by atoms with van der Waals surface area (Å²) in [6.07, 6.45) is 0. The highest BCUT2D eigenvalue weighted by Crippen LogP contribution is 2.16. The molecular formula is C13H15ClN2O. The summed E-state index contributed by atoms with van der Waals surface area (Å²) in [6, 6.07) is 9.18. The average Bonchev–Trinajstić information content (AvgIpc) is 2.64. The molecule has 0 aliphatic carbocycles. The quantitative estimate of drug-likeness (QED) is 0.894. The summed E-state index contributed by atoms with van der Waals surface area (Å²) in [6.45, 7) is 4.57. The van der Waals surface area contributed by atoms with Gasteiger partial charge in [0.1, 0.15) is 0 Å². The Labute approximate surface area is 105 Å². The molecule has 0 bridgehead atoms. The second-order valence-electron chi connectivity index (χ2n) is 4.38. The molecule has 0 saturated heterocycles. The van der Waals surface area contributed by atoms with Crippen molar-refractivity contribution >= 4 is 11.6 Å². The summed E-state index contributed by atoms with van der Waals surface area (Å²) < 4.78 is 1.58. The van der Waals surface area contributed by atoms with E-state index in [-0.39, 0.29) is 5.56 Å². The van der Waals surface area contributed by atoms with Crippen molar-refractivity contribution in [3.8, 4) is 0 Å². The van der Waals surface area contributed by atoms with Gasteiger partial charge in [0, 0.05) is 16.8 Å². The van der Waals surface area contributed by atoms with Gasteiger partial charge < -0.3 is 0 Å². The maximum Gasteiger partial charge on any atom is 0.267 e. The van der Waals surface area contributed by atoms with E-state index in [0.717, 1.165) is 11.3 Å². The SMILES string of the molecule is CC(C)c1cc(=O)n(Cc2ccccc2Cl)[nH]1. The van der Waals surface area contributed by atoms with E-state index in [1.807, 2.05) is 38.1 Å². The third kappa shape index (κ3) is 2.61. The Morgan fingerprint density at radius 1 is 1.35 bits per heavy atom. The fourth-order valence-electron chi connectivity index (χ4n) is 1.66. The summed E-state index contributed by atoms with van der Waals surface area (Å²) in [4.78, 5) is 11.7. The third-order valence-corrected chi connectivity index (χ3v) is 3.09. The number of aromatic nitrogens is 2. The number of aromatic amines is 1. The third-order valence-electron chi connectivity index (χ3n) is 2.72. The number of halogens is 1. The number of H-pyrrole nitrogens is 1.